The van der Waals surface area contributed by atoms with Crippen molar-refractivity contribution in [2.24, 2.45) is 5.73 Å². The molecule has 0 unspecified atom stereocenters. The first-order chi connectivity index (χ1) is 15.7. The van der Waals surface area contributed by atoms with E-state index in [-0.39, 0.29) is 11.9 Å². The van der Waals surface area contributed by atoms with Gasteiger partial charge < -0.3 is 35.8 Å². The number of ether oxygens (including phenoxy) is 1. The molecule has 0 aliphatic carbocycles. The fraction of sp³-hybridized carbons (Fsp3) is 0.739. The predicted octanol–water partition coefficient (Wildman–Crippen LogP) is 0.709. The maximum Gasteiger partial charge on any atom is 0.255 e. The van der Waals surface area contributed by atoms with Gasteiger partial charge in [-0.05, 0) is 44.8 Å². The van der Waals surface area contributed by atoms with Crippen molar-refractivity contribution in [3.05, 3.63) is 17.2 Å². The van der Waals surface area contributed by atoms with E-state index in [0.717, 1.165) is 62.8 Å². The molecule has 0 bridgehead atoms. The third-order valence-corrected chi connectivity index (χ3v) is 6.95. The molecule has 0 saturated carbocycles. The summed E-state index contributed by atoms with van der Waals surface area (Å²) in [6.07, 6.45) is 4.67. The first kappa shape index (κ1) is 23.2. The smallest absolute Gasteiger partial charge is 0.255 e. The molecule has 1 aromatic rings. The molecule has 0 atom stereocenters. The van der Waals surface area contributed by atoms with Crippen molar-refractivity contribution in [2.45, 2.75) is 38.3 Å². The van der Waals surface area contributed by atoms with Crippen molar-refractivity contribution in [3.63, 3.8) is 0 Å². The van der Waals surface area contributed by atoms with E-state index >= 15 is 0 Å². The van der Waals surface area contributed by atoms with Gasteiger partial charge in [0, 0.05) is 64.5 Å². The van der Waals surface area contributed by atoms with Crippen LogP contribution in [0.2, 0.25) is 0 Å². The van der Waals surface area contributed by atoms with Crippen LogP contribution in [0.1, 0.15) is 41.6 Å². The minimum atomic E-state index is -0.0492. The summed E-state index contributed by atoms with van der Waals surface area (Å²) in [5.41, 5.74) is 7.41. The maximum atomic E-state index is 13.3. The Balaban J connectivity index is 1.38. The third kappa shape index (κ3) is 5.70. The van der Waals surface area contributed by atoms with Gasteiger partial charge in [0.2, 0.25) is 0 Å². The first-order valence-corrected chi connectivity index (χ1v) is 12.2. The Hall–Kier alpha value is -1.94. The zero-order chi connectivity index (χ0) is 22.3. The number of nitrogens with zero attached hydrogens (tertiary/aromatic N) is 4. The molecule has 32 heavy (non-hydrogen) atoms. The van der Waals surface area contributed by atoms with Crippen molar-refractivity contribution < 1.29 is 9.53 Å². The van der Waals surface area contributed by atoms with Gasteiger partial charge in [-0.1, -0.05) is 0 Å². The van der Waals surface area contributed by atoms with Crippen LogP contribution in [0.25, 0.3) is 0 Å². The Morgan fingerprint density at radius 3 is 2.38 bits per heavy atom. The summed E-state index contributed by atoms with van der Waals surface area (Å²) >= 11 is 0. The summed E-state index contributed by atoms with van der Waals surface area (Å²) in [5, 5.41) is 6.41. The molecule has 4 heterocycles. The summed E-state index contributed by atoms with van der Waals surface area (Å²) in [7, 11) is 1.84. The molecule has 9 heteroatoms. The largest absolute Gasteiger partial charge is 0.378 e. The van der Waals surface area contributed by atoms with Crippen LogP contribution in [0, 0.1) is 0 Å². The van der Waals surface area contributed by atoms with Gasteiger partial charge in [0.25, 0.3) is 5.91 Å². The lowest BCUT2D eigenvalue weighted by Gasteiger charge is -2.34. The normalized spacial score (nSPS) is 21.1. The number of carbonyl (C=O) groups is 1. The molecular formula is C23H39N7O2. The van der Waals surface area contributed by atoms with Crippen molar-refractivity contribution in [1.82, 2.24) is 20.1 Å². The van der Waals surface area contributed by atoms with Gasteiger partial charge in [0.15, 0.2) is 0 Å². The SMILES string of the molecule is CNc1nc(N2CCOCC2)c(C(=O)NC2CCN(CCN3CCCC3)CC2)cc1CN. The minimum Gasteiger partial charge on any atom is -0.378 e. The molecule has 9 nitrogen and oxygen atoms in total. The summed E-state index contributed by atoms with van der Waals surface area (Å²) in [6, 6.07) is 2.11. The third-order valence-electron chi connectivity index (χ3n) is 6.95. The van der Waals surface area contributed by atoms with Gasteiger partial charge in [0.1, 0.15) is 11.6 Å². The highest BCUT2D eigenvalue weighted by molar-refractivity contribution is 5.99. The molecule has 1 aromatic heterocycles. The zero-order valence-corrected chi connectivity index (χ0v) is 19.4. The standard InChI is InChI=1S/C23H39N7O2/c1-25-21-18(17-24)16-20(22(27-21)30-12-14-32-15-13-30)23(31)26-19-4-8-29(9-5-19)11-10-28-6-2-3-7-28/h16,19H,2-15,17,24H2,1H3,(H,25,27)(H,26,31). The molecule has 178 valence electrons. The number of likely N-dealkylation sites (tertiary alicyclic amines) is 2. The number of nitrogens with two attached hydrogens (primary N) is 1. The number of hydrogen-bond donors (Lipinski definition) is 3. The van der Waals surface area contributed by atoms with Crippen LogP contribution in [0.15, 0.2) is 6.07 Å². The first-order valence-electron chi connectivity index (χ1n) is 12.2. The lowest BCUT2D eigenvalue weighted by molar-refractivity contribution is 0.0906. The average Bonchev–Trinajstić information content (AvgIpc) is 3.37. The summed E-state index contributed by atoms with van der Waals surface area (Å²) in [6.45, 7) is 9.98. The van der Waals surface area contributed by atoms with E-state index in [0.29, 0.717) is 25.3 Å². The average molecular weight is 446 g/mol. The van der Waals surface area contributed by atoms with Crippen LogP contribution in [0.4, 0.5) is 11.6 Å². The second-order valence-corrected chi connectivity index (χ2v) is 9.06. The molecule has 3 saturated heterocycles. The van der Waals surface area contributed by atoms with E-state index in [2.05, 4.69) is 25.3 Å². The van der Waals surface area contributed by atoms with Gasteiger partial charge in [-0.15, -0.1) is 0 Å². The predicted molar refractivity (Wildman–Crippen MR) is 127 cm³/mol. The van der Waals surface area contributed by atoms with Crippen LogP contribution in [0.5, 0.6) is 0 Å². The van der Waals surface area contributed by atoms with E-state index in [4.69, 9.17) is 15.5 Å². The molecule has 3 aliphatic heterocycles. The van der Waals surface area contributed by atoms with E-state index in [9.17, 15) is 4.79 Å². The second-order valence-electron chi connectivity index (χ2n) is 9.06. The lowest BCUT2D eigenvalue weighted by atomic mass is 10.0. The number of hydrogen-bond acceptors (Lipinski definition) is 8. The van der Waals surface area contributed by atoms with Crippen LogP contribution in [-0.4, -0.2) is 99.4 Å². The van der Waals surface area contributed by atoms with Crippen LogP contribution in [-0.2, 0) is 11.3 Å². The Labute approximate surface area is 191 Å². The molecule has 3 aliphatic rings. The van der Waals surface area contributed by atoms with Crippen molar-refractivity contribution in [2.75, 3.05) is 82.8 Å². The Kier molecular flexibility index (Phi) is 8.18. The van der Waals surface area contributed by atoms with Crippen LogP contribution >= 0.6 is 0 Å². The van der Waals surface area contributed by atoms with Crippen LogP contribution < -0.4 is 21.3 Å². The fourth-order valence-corrected chi connectivity index (χ4v) is 4.95. The second kappa shape index (κ2) is 11.3. The van der Waals surface area contributed by atoms with Gasteiger partial charge in [-0.2, -0.15) is 0 Å². The number of amides is 1. The number of morpholine rings is 1. The number of carbonyl (C=O) groups excluding carboxylic acids is 1. The number of aromatic nitrogens is 1. The van der Waals surface area contributed by atoms with Crippen molar-refractivity contribution in [3.8, 4) is 0 Å². The monoisotopic (exact) mass is 445 g/mol. The fourth-order valence-electron chi connectivity index (χ4n) is 4.95. The number of anilines is 2. The molecule has 1 amide bonds. The van der Waals surface area contributed by atoms with Gasteiger partial charge in [-0.25, -0.2) is 4.98 Å². The molecule has 0 aromatic carbocycles. The number of nitrogens with one attached hydrogen (secondary N) is 2. The van der Waals surface area contributed by atoms with E-state index in [1.165, 1.54) is 32.5 Å². The van der Waals surface area contributed by atoms with Crippen molar-refractivity contribution in [1.29, 1.82) is 0 Å². The minimum absolute atomic E-state index is 0.0492. The summed E-state index contributed by atoms with van der Waals surface area (Å²) in [5.74, 6) is 1.40. The zero-order valence-electron chi connectivity index (χ0n) is 19.4. The van der Waals surface area contributed by atoms with E-state index in [1.54, 1.807) is 0 Å². The van der Waals surface area contributed by atoms with Crippen LogP contribution in [0.3, 0.4) is 0 Å². The molecule has 4 rings (SSSR count). The Morgan fingerprint density at radius 2 is 1.75 bits per heavy atom. The Morgan fingerprint density at radius 1 is 1.09 bits per heavy atom. The maximum absolute atomic E-state index is 13.3. The quantitative estimate of drug-likeness (QED) is 0.538. The highest BCUT2D eigenvalue weighted by Gasteiger charge is 2.26. The topological polar surface area (TPSA) is 99.0 Å². The number of pyridine rings is 1. The summed E-state index contributed by atoms with van der Waals surface area (Å²) < 4.78 is 5.49. The number of piperidine rings is 1. The Bertz CT molecular complexity index is 755. The van der Waals surface area contributed by atoms with E-state index in [1.807, 2.05) is 13.1 Å². The summed E-state index contributed by atoms with van der Waals surface area (Å²) in [4.78, 5) is 25.4. The highest BCUT2D eigenvalue weighted by Crippen LogP contribution is 2.26. The van der Waals surface area contributed by atoms with Gasteiger partial charge in [-0.3, -0.25) is 4.79 Å². The molecule has 0 spiro atoms. The molecular weight excluding hydrogens is 406 g/mol. The van der Waals surface area contributed by atoms with Gasteiger partial charge in [0.05, 0.1) is 18.8 Å². The highest BCUT2D eigenvalue weighted by atomic mass is 16.5. The van der Waals surface area contributed by atoms with Crippen molar-refractivity contribution >= 4 is 17.5 Å². The number of rotatable bonds is 8. The van der Waals surface area contributed by atoms with Gasteiger partial charge >= 0.3 is 0 Å². The molecule has 4 N–H and O–H groups in total. The van der Waals surface area contributed by atoms with E-state index < -0.39 is 0 Å². The molecule has 0 radical (unpaired) electrons. The molecule has 3 fully saturated rings. The lowest BCUT2D eigenvalue weighted by Crippen LogP contribution is -2.46.